The van der Waals surface area contributed by atoms with Gasteiger partial charge >= 0.3 is 0 Å². The van der Waals surface area contributed by atoms with Crippen LogP contribution in [0.2, 0.25) is 0 Å². The summed E-state index contributed by atoms with van der Waals surface area (Å²) in [6.07, 6.45) is 3.86. The van der Waals surface area contributed by atoms with Crippen molar-refractivity contribution in [1.82, 2.24) is 20.2 Å². The number of rotatable bonds is 9. The number of nitrogens with one attached hydrogen (secondary N) is 3. The molecule has 0 amide bonds. The lowest BCUT2D eigenvalue weighted by atomic mass is 10.0. The second-order valence-electron chi connectivity index (χ2n) is 5.07. The van der Waals surface area contributed by atoms with E-state index in [0.717, 1.165) is 12.8 Å². The van der Waals surface area contributed by atoms with Gasteiger partial charge in [-0.25, -0.2) is 13.1 Å². The summed E-state index contributed by atoms with van der Waals surface area (Å²) >= 11 is 1.71. The third-order valence-corrected chi connectivity index (χ3v) is 7.07. The quantitative estimate of drug-likeness (QED) is 0.639. The summed E-state index contributed by atoms with van der Waals surface area (Å²) in [7, 11) is -1.80. The smallest absolute Gasteiger partial charge is 0.244 e. The van der Waals surface area contributed by atoms with Crippen LogP contribution in [-0.2, 0) is 16.6 Å². The molecule has 0 aliphatic carbocycles. The van der Waals surface area contributed by atoms with Crippen molar-refractivity contribution in [2.75, 3.05) is 19.8 Å². The average Bonchev–Trinajstić information content (AvgIpc) is 2.83. The van der Waals surface area contributed by atoms with Crippen molar-refractivity contribution >= 4 is 21.8 Å². The van der Waals surface area contributed by atoms with Gasteiger partial charge in [0.05, 0.1) is 11.4 Å². The number of thioether (sulfide) groups is 1. The molecule has 0 atom stereocenters. The van der Waals surface area contributed by atoms with Crippen LogP contribution in [0.5, 0.6) is 0 Å². The van der Waals surface area contributed by atoms with Crippen molar-refractivity contribution in [1.29, 1.82) is 0 Å². The van der Waals surface area contributed by atoms with Gasteiger partial charge in [0.15, 0.2) is 0 Å². The van der Waals surface area contributed by atoms with Gasteiger partial charge in [-0.15, -0.1) is 0 Å². The van der Waals surface area contributed by atoms with Crippen molar-refractivity contribution in [2.24, 2.45) is 0 Å². The molecule has 1 aromatic heterocycles. The molecule has 0 unspecified atom stereocenters. The molecule has 122 valence electrons. The second-order valence-corrected chi connectivity index (χ2v) is 8.05. The summed E-state index contributed by atoms with van der Waals surface area (Å²) in [5.74, 6) is 0. The normalized spacial score (nSPS) is 12.8. The minimum atomic E-state index is -3.56. The number of hydrogen-bond donors (Lipinski definition) is 3. The molecule has 21 heavy (non-hydrogen) atoms. The van der Waals surface area contributed by atoms with Crippen LogP contribution in [0.1, 0.15) is 38.1 Å². The highest BCUT2D eigenvalue weighted by molar-refractivity contribution is 8.00. The lowest BCUT2D eigenvalue weighted by Crippen LogP contribution is -2.40. The first-order chi connectivity index (χ1) is 9.85. The number of sulfonamides is 1. The van der Waals surface area contributed by atoms with E-state index in [1.807, 2.05) is 6.26 Å². The van der Waals surface area contributed by atoms with Crippen LogP contribution in [0.15, 0.2) is 4.90 Å². The van der Waals surface area contributed by atoms with E-state index in [0.29, 0.717) is 24.5 Å². The molecule has 0 fully saturated rings. The molecule has 0 bridgehead atoms. The molecule has 8 heteroatoms. The van der Waals surface area contributed by atoms with E-state index >= 15 is 0 Å². The van der Waals surface area contributed by atoms with Crippen molar-refractivity contribution < 1.29 is 8.42 Å². The molecule has 0 radical (unpaired) electrons. The van der Waals surface area contributed by atoms with E-state index in [2.05, 4.69) is 34.1 Å². The molecule has 0 aromatic carbocycles. The maximum absolute atomic E-state index is 12.6. The van der Waals surface area contributed by atoms with Gasteiger partial charge in [0.1, 0.15) is 4.90 Å². The van der Waals surface area contributed by atoms with Gasteiger partial charge in [-0.1, -0.05) is 13.8 Å². The van der Waals surface area contributed by atoms with Crippen LogP contribution in [0.4, 0.5) is 0 Å². The van der Waals surface area contributed by atoms with E-state index in [-0.39, 0.29) is 9.64 Å². The molecule has 1 heterocycles. The zero-order valence-electron chi connectivity index (χ0n) is 13.4. The Morgan fingerprint density at radius 2 is 1.95 bits per heavy atom. The Morgan fingerprint density at radius 3 is 2.43 bits per heavy atom. The predicted molar refractivity (Wildman–Crippen MR) is 88.1 cm³/mol. The van der Waals surface area contributed by atoms with Crippen molar-refractivity contribution in [3.8, 4) is 0 Å². The SMILES string of the molecule is CCC(CC)(CNS(=O)(=O)c1c(CNC)n[nH]c1C)SC. The van der Waals surface area contributed by atoms with Crippen molar-refractivity contribution in [3.63, 3.8) is 0 Å². The van der Waals surface area contributed by atoms with Crippen molar-refractivity contribution in [3.05, 3.63) is 11.4 Å². The first-order valence-corrected chi connectivity index (χ1v) is 9.79. The Morgan fingerprint density at radius 1 is 1.33 bits per heavy atom. The highest BCUT2D eigenvalue weighted by atomic mass is 32.2. The average molecular weight is 335 g/mol. The number of aromatic nitrogens is 2. The summed E-state index contributed by atoms with van der Waals surface area (Å²) in [5, 5.41) is 9.75. The molecule has 0 aliphatic heterocycles. The summed E-state index contributed by atoms with van der Waals surface area (Å²) < 4.78 is 27.9. The number of nitrogens with zero attached hydrogens (tertiary/aromatic N) is 1. The van der Waals surface area contributed by atoms with Crippen LogP contribution in [0.25, 0.3) is 0 Å². The number of aromatic amines is 1. The van der Waals surface area contributed by atoms with Gasteiger partial charge in [0, 0.05) is 17.8 Å². The third kappa shape index (κ3) is 4.21. The molecule has 0 saturated carbocycles. The Hall–Kier alpha value is -0.570. The van der Waals surface area contributed by atoms with E-state index < -0.39 is 10.0 Å². The predicted octanol–water partition coefficient (Wildman–Crippen LogP) is 1.64. The number of hydrogen-bond acceptors (Lipinski definition) is 5. The molecule has 0 aliphatic rings. The number of H-pyrrole nitrogens is 1. The first-order valence-electron chi connectivity index (χ1n) is 7.09. The Labute approximate surface area is 131 Å². The van der Waals surface area contributed by atoms with Gasteiger partial charge in [0.2, 0.25) is 10.0 Å². The topological polar surface area (TPSA) is 86.9 Å². The lowest BCUT2D eigenvalue weighted by Gasteiger charge is -2.29. The molecule has 3 N–H and O–H groups in total. The summed E-state index contributed by atoms with van der Waals surface area (Å²) in [4.78, 5) is 0.263. The minimum Gasteiger partial charge on any atom is -0.314 e. The Balaban J connectivity index is 3.00. The van der Waals surface area contributed by atoms with E-state index in [1.54, 1.807) is 25.7 Å². The van der Waals surface area contributed by atoms with Crippen LogP contribution in [-0.4, -0.2) is 43.2 Å². The summed E-state index contributed by atoms with van der Waals surface area (Å²) in [6.45, 7) is 6.73. The lowest BCUT2D eigenvalue weighted by molar-refractivity contribution is 0.521. The molecular formula is C13H26N4O2S2. The number of aryl methyl sites for hydroxylation is 1. The van der Waals surface area contributed by atoms with E-state index in [9.17, 15) is 8.42 Å². The maximum Gasteiger partial charge on any atom is 0.244 e. The molecule has 1 rings (SSSR count). The van der Waals surface area contributed by atoms with Crippen LogP contribution < -0.4 is 10.0 Å². The Bertz CT molecular complexity index is 542. The highest BCUT2D eigenvalue weighted by Crippen LogP contribution is 2.30. The fraction of sp³-hybridized carbons (Fsp3) is 0.769. The van der Waals surface area contributed by atoms with Crippen LogP contribution in [0, 0.1) is 6.92 Å². The molecular weight excluding hydrogens is 308 g/mol. The fourth-order valence-corrected chi connectivity index (χ4v) is 4.65. The summed E-state index contributed by atoms with van der Waals surface area (Å²) in [5.41, 5.74) is 1.08. The monoisotopic (exact) mass is 334 g/mol. The zero-order chi connectivity index (χ0) is 16.1. The highest BCUT2D eigenvalue weighted by Gasteiger charge is 2.30. The molecule has 0 spiro atoms. The van der Waals surface area contributed by atoms with Crippen molar-refractivity contribution in [2.45, 2.75) is 49.8 Å². The standard InChI is InChI=1S/C13H26N4O2S2/c1-6-13(7-2,20-5)9-15-21(18,19)12-10(3)16-17-11(12)8-14-4/h14-15H,6-9H2,1-5H3,(H,16,17). The molecule has 6 nitrogen and oxygen atoms in total. The summed E-state index contributed by atoms with van der Waals surface area (Å²) in [6, 6.07) is 0. The minimum absolute atomic E-state index is 0.0616. The largest absolute Gasteiger partial charge is 0.314 e. The van der Waals surface area contributed by atoms with E-state index in [1.165, 1.54) is 0 Å². The van der Waals surface area contributed by atoms with Crippen LogP contribution >= 0.6 is 11.8 Å². The van der Waals surface area contributed by atoms with E-state index in [4.69, 9.17) is 0 Å². The van der Waals surface area contributed by atoms with Gasteiger partial charge in [0.25, 0.3) is 0 Å². The van der Waals surface area contributed by atoms with Gasteiger partial charge in [-0.2, -0.15) is 16.9 Å². The molecule has 1 aromatic rings. The third-order valence-electron chi connectivity index (χ3n) is 3.88. The second kappa shape index (κ2) is 7.62. The van der Waals surface area contributed by atoms with Gasteiger partial charge in [-0.05, 0) is 33.1 Å². The van der Waals surface area contributed by atoms with Gasteiger partial charge in [-0.3, -0.25) is 5.10 Å². The molecule has 0 saturated heterocycles. The first kappa shape index (κ1) is 18.5. The zero-order valence-corrected chi connectivity index (χ0v) is 15.0. The van der Waals surface area contributed by atoms with Gasteiger partial charge < -0.3 is 5.32 Å². The van der Waals surface area contributed by atoms with Crippen LogP contribution in [0.3, 0.4) is 0 Å². The Kier molecular flexibility index (Phi) is 6.71. The fourth-order valence-electron chi connectivity index (χ4n) is 2.27. The maximum atomic E-state index is 12.6.